The highest BCUT2D eigenvalue weighted by Crippen LogP contribution is 2.11. The molecule has 14 heavy (non-hydrogen) atoms. The second kappa shape index (κ2) is 11.4. The lowest BCUT2D eigenvalue weighted by molar-refractivity contribution is 0.554. The monoisotopic (exact) mass is 217 g/mol. The molecule has 0 amide bonds. The summed E-state index contributed by atoms with van der Waals surface area (Å²) in [6, 6.07) is 0. The lowest BCUT2D eigenvalue weighted by Gasteiger charge is -2.03. The van der Waals surface area contributed by atoms with Gasteiger partial charge in [0.05, 0.1) is 0 Å². The quantitative estimate of drug-likeness (QED) is 0.321. The second-order valence-electron chi connectivity index (χ2n) is 4.18. The molecule has 0 aromatic heterocycles. The maximum Gasteiger partial charge on any atom is 0.0477 e. The number of thiol groups is 1. The number of rotatable bonds is 10. The molecule has 0 spiro atoms. The van der Waals surface area contributed by atoms with E-state index in [1.165, 1.54) is 57.8 Å². The van der Waals surface area contributed by atoms with Crippen molar-refractivity contribution in [1.29, 1.82) is 0 Å². The summed E-state index contributed by atoms with van der Waals surface area (Å²) in [4.78, 5) is 0. The van der Waals surface area contributed by atoms with Gasteiger partial charge in [0.2, 0.25) is 0 Å². The van der Waals surface area contributed by atoms with E-state index >= 15 is 0 Å². The van der Waals surface area contributed by atoms with E-state index in [9.17, 15) is 0 Å². The van der Waals surface area contributed by atoms with Gasteiger partial charge in [-0.05, 0) is 6.42 Å². The van der Waals surface area contributed by atoms with Gasteiger partial charge in [0.25, 0.3) is 0 Å². The lowest BCUT2D eigenvalue weighted by Crippen LogP contribution is -2.10. The molecule has 0 rings (SSSR count). The third-order valence-corrected chi connectivity index (χ3v) is 2.86. The summed E-state index contributed by atoms with van der Waals surface area (Å²) >= 11 is 4.16. The van der Waals surface area contributed by atoms with Gasteiger partial charge in [-0.25, -0.2) is 0 Å². The highest BCUT2D eigenvalue weighted by molar-refractivity contribution is 7.80. The van der Waals surface area contributed by atoms with E-state index in [1.54, 1.807) is 0 Å². The molecular formula is C12H27NS. The minimum atomic E-state index is 0.0968. The molecule has 0 aromatic rings. The fourth-order valence-corrected chi connectivity index (χ4v) is 1.85. The summed E-state index contributed by atoms with van der Waals surface area (Å²) in [5.74, 6) is 0. The van der Waals surface area contributed by atoms with Crippen LogP contribution in [0.3, 0.4) is 0 Å². The van der Waals surface area contributed by atoms with Crippen molar-refractivity contribution in [1.82, 2.24) is 0 Å². The Hall–Kier alpha value is 0.310. The normalized spacial score (nSPS) is 13.1. The molecule has 0 aliphatic heterocycles. The molecule has 0 heterocycles. The highest BCUT2D eigenvalue weighted by atomic mass is 32.1. The number of unbranched alkanes of at least 4 members (excludes halogenated alkanes) is 8. The molecule has 2 heteroatoms. The van der Waals surface area contributed by atoms with Crippen molar-refractivity contribution >= 4 is 12.6 Å². The first-order valence-corrected chi connectivity index (χ1v) is 6.72. The summed E-state index contributed by atoms with van der Waals surface area (Å²) in [5.41, 5.74) is 5.55. The molecule has 0 saturated carbocycles. The molecule has 1 nitrogen and oxygen atoms in total. The number of hydrogen-bond donors (Lipinski definition) is 2. The summed E-state index contributed by atoms with van der Waals surface area (Å²) in [6.45, 7) is 2.26. The Morgan fingerprint density at radius 2 is 1.29 bits per heavy atom. The Labute approximate surface area is 95.2 Å². The maximum absolute atomic E-state index is 5.55. The van der Waals surface area contributed by atoms with Gasteiger partial charge in [-0.15, -0.1) is 0 Å². The molecule has 0 aromatic carbocycles. The Morgan fingerprint density at radius 3 is 1.71 bits per heavy atom. The molecule has 86 valence electrons. The van der Waals surface area contributed by atoms with Crippen LogP contribution in [-0.2, 0) is 0 Å². The minimum Gasteiger partial charge on any atom is -0.320 e. The molecule has 0 saturated heterocycles. The zero-order valence-corrected chi connectivity index (χ0v) is 10.6. The van der Waals surface area contributed by atoms with Crippen molar-refractivity contribution in [3.8, 4) is 0 Å². The topological polar surface area (TPSA) is 26.0 Å². The van der Waals surface area contributed by atoms with Gasteiger partial charge in [0, 0.05) is 5.37 Å². The SMILES string of the molecule is CCCCCCCCCCCC(N)S. The Bertz CT molecular complexity index is 104. The molecule has 0 aliphatic carbocycles. The maximum atomic E-state index is 5.55. The van der Waals surface area contributed by atoms with Gasteiger partial charge in [-0.1, -0.05) is 64.7 Å². The predicted molar refractivity (Wildman–Crippen MR) is 68.8 cm³/mol. The Balaban J connectivity index is 2.85. The van der Waals surface area contributed by atoms with Crippen molar-refractivity contribution in [2.24, 2.45) is 5.73 Å². The molecule has 0 aliphatic rings. The van der Waals surface area contributed by atoms with Gasteiger partial charge in [0.1, 0.15) is 0 Å². The predicted octanol–water partition coefficient (Wildman–Crippen LogP) is 4.12. The van der Waals surface area contributed by atoms with Crippen molar-refractivity contribution in [3.63, 3.8) is 0 Å². The summed E-state index contributed by atoms with van der Waals surface area (Å²) in [7, 11) is 0. The van der Waals surface area contributed by atoms with Gasteiger partial charge >= 0.3 is 0 Å². The van der Waals surface area contributed by atoms with Crippen LogP contribution < -0.4 is 5.73 Å². The van der Waals surface area contributed by atoms with E-state index in [1.807, 2.05) is 0 Å². The van der Waals surface area contributed by atoms with Crippen LogP contribution in [0.5, 0.6) is 0 Å². The lowest BCUT2D eigenvalue weighted by atomic mass is 10.1. The number of hydrogen-bond acceptors (Lipinski definition) is 2. The molecule has 1 atom stereocenters. The van der Waals surface area contributed by atoms with Gasteiger partial charge in [-0.3, -0.25) is 0 Å². The van der Waals surface area contributed by atoms with Crippen molar-refractivity contribution in [2.45, 2.75) is 76.5 Å². The van der Waals surface area contributed by atoms with Crippen LogP contribution in [0, 0.1) is 0 Å². The van der Waals surface area contributed by atoms with Crippen LogP contribution in [0.15, 0.2) is 0 Å². The molecule has 0 radical (unpaired) electrons. The van der Waals surface area contributed by atoms with E-state index in [0.717, 1.165) is 6.42 Å². The van der Waals surface area contributed by atoms with E-state index in [2.05, 4.69) is 19.6 Å². The fraction of sp³-hybridized carbons (Fsp3) is 1.00. The van der Waals surface area contributed by atoms with E-state index < -0.39 is 0 Å². The highest BCUT2D eigenvalue weighted by Gasteiger charge is 1.95. The number of nitrogens with two attached hydrogens (primary N) is 1. The smallest absolute Gasteiger partial charge is 0.0477 e. The van der Waals surface area contributed by atoms with E-state index in [-0.39, 0.29) is 5.37 Å². The standard InChI is InChI=1S/C12H27NS/c1-2-3-4-5-6-7-8-9-10-11-12(13)14/h12,14H,2-11,13H2,1H3. The van der Waals surface area contributed by atoms with Gasteiger partial charge in [0.15, 0.2) is 0 Å². The van der Waals surface area contributed by atoms with Crippen LogP contribution in [0.2, 0.25) is 0 Å². The molecule has 0 bridgehead atoms. The summed E-state index contributed by atoms with van der Waals surface area (Å²) in [6.07, 6.45) is 13.5. The largest absolute Gasteiger partial charge is 0.320 e. The zero-order valence-electron chi connectivity index (χ0n) is 9.67. The van der Waals surface area contributed by atoms with Crippen LogP contribution in [0.25, 0.3) is 0 Å². The summed E-state index contributed by atoms with van der Waals surface area (Å²) < 4.78 is 0. The Morgan fingerprint density at radius 1 is 0.857 bits per heavy atom. The van der Waals surface area contributed by atoms with Crippen molar-refractivity contribution < 1.29 is 0 Å². The van der Waals surface area contributed by atoms with Crippen molar-refractivity contribution in [3.05, 3.63) is 0 Å². The molecule has 1 unspecified atom stereocenters. The first kappa shape index (κ1) is 14.3. The molecular weight excluding hydrogens is 190 g/mol. The van der Waals surface area contributed by atoms with Gasteiger partial charge in [-0.2, -0.15) is 12.6 Å². The molecule has 0 fully saturated rings. The van der Waals surface area contributed by atoms with Crippen molar-refractivity contribution in [2.75, 3.05) is 0 Å². The van der Waals surface area contributed by atoms with Gasteiger partial charge < -0.3 is 5.73 Å². The first-order valence-electron chi connectivity index (χ1n) is 6.21. The second-order valence-corrected chi connectivity index (χ2v) is 4.85. The van der Waals surface area contributed by atoms with Crippen LogP contribution in [-0.4, -0.2) is 5.37 Å². The third-order valence-electron chi connectivity index (χ3n) is 2.60. The average molecular weight is 217 g/mol. The van der Waals surface area contributed by atoms with Crippen LogP contribution >= 0.6 is 12.6 Å². The minimum absolute atomic E-state index is 0.0968. The van der Waals surface area contributed by atoms with E-state index in [4.69, 9.17) is 5.73 Å². The molecule has 2 N–H and O–H groups in total. The summed E-state index contributed by atoms with van der Waals surface area (Å²) in [5, 5.41) is 0.0968. The first-order chi connectivity index (χ1) is 6.77. The van der Waals surface area contributed by atoms with E-state index in [0.29, 0.717) is 0 Å². The average Bonchev–Trinajstić information content (AvgIpc) is 2.15. The van der Waals surface area contributed by atoms with Crippen LogP contribution in [0.1, 0.15) is 71.1 Å². The third kappa shape index (κ3) is 12.3. The fourth-order valence-electron chi connectivity index (χ4n) is 1.66. The zero-order chi connectivity index (χ0) is 10.6. The van der Waals surface area contributed by atoms with Crippen LogP contribution in [0.4, 0.5) is 0 Å². The Kier molecular flexibility index (Phi) is 11.6.